The van der Waals surface area contributed by atoms with Gasteiger partial charge in [0.15, 0.2) is 0 Å². The minimum atomic E-state index is -0.755. The number of rotatable bonds is 10. The van der Waals surface area contributed by atoms with Crippen LogP contribution in [0, 0.1) is 12.8 Å². The van der Waals surface area contributed by atoms with Crippen molar-refractivity contribution < 1.29 is 14.7 Å². The molecule has 0 radical (unpaired) electrons. The van der Waals surface area contributed by atoms with Crippen LogP contribution in [0.25, 0.3) is 0 Å². The monoisotopic (exact) mass is 336 g/mol. The summed E-state index contributed by atoms with van der Waals surface area (Å²) < 4.78 is 0. The standard InChI is InChI=1S/C15H22N2O3.C4H10/c1-13-5-7-14(8-6-13)17(11-9-16-12-18)10-3-2-4-15(19)20;1-4(2)3/h5-8,12H,2-4,9-11H2,1H3,(H,16,18)(H,19,20);4H,1-3H3. The maximum absolute atomic E-state index is 10.5. The second kappa shape index (κ2) is 13.4. The van der Waals surface area contributed by atoms with Crippen molar-refractivity contribution in [1.29, 1.82) is 0 Å². The molecule has 1 aromatic rings. The predicted octanol–water partition coefficient (Wildman–Crippen LogP) is 3.46. The first-order valence-corrected chi connectivity index (χ1v) is 8.57. The van der Waals surface area contributed by atoms with Gasteiger partial charge in [-0.3, -0.25) is 9.59 Å². The second-order valence-corrected chi connectivity index (χ2v) is 6.48. The van der Waals surface area contributed by atoms with Gasteiger partial charge in [0.25, 0.3) is 0 Å². The fourth-order valence-corrected chi connectivity index (χ4v) is 1.96. The van der Waals surface area contributed by atoms with E-state index in [4.69, 9.17) is 5.11 Å². The number of benzene rings is 1. The number of unbranched alkanes of at least 4 members (excludes halogenated alkanes) is 1. The van der Waals surface area contributed by atoms with Crippen LogP contribution < -0.4 is 10.2 Å². The molecule has 1 aromatic carbocycles. The van der Waals surface area contributed by atoms with Crippen LogP contribution in [0.4, 0.5) is 5.69 Å². The van der Waals surface area contributed by atoms with Crippen molar-refractivity contribution in [3.63, 3.8) is 0 Å². The molecule has 0 fully saturated rings. The van der Waals surface area contributed by atoms with Crippen LogP contribution in [-0.4, -0.2) is 37.1 Å². The molecule has 0 aliphatic rings. The van der Waals surface area contributed by atoms with Crippen molar-refractivity contribution in [2.24, 2.45) is 5.92 Å². The fraction of sp³-hybridized carbons (Fsp3) is 0.579. The number of aliphatic carboxylic acids is 1. The highest BCUT2D eigenvalue weighted by Crippen LogP contribution is 2.15. The van der Waals surface area contributed by atoms with Crippen molar-refractivity contribution in [1.82, 2.24) is 5.32 Å². The first-order chi connectivity index (χ1) is 11.4. The molecule has 0 aliphatic heterocycles. The number of carboxylic acids is 1. The number of hydrogen-bond acceptors (Lipinski definition) is 3. The number of carboxylic acid groups (broad SMARTS) is 1. The number of carbonyl (C=O) groups excluding carboxylic acids is 1. The van der Waals surface area contributed by atoms with Gasteiger partial charge in [-0.2, -0.15) is 0 Å². The number of nitrogens with one attached hydrogen (secondary N) is 1. The molecule has 24 heavy (non-hydrogen) atoms. The number of hydrogen-bond donors (Lipinski definition) is 2. The van der Waals surface area contributed by atoms with E-state index in [2.05, 4.69) is 31.0 Å². The molecule has 1 amide bonds. The van der Waals surface area contributed by atoms with Gasteiger partial charge in [0.1, 0.15) is 0 Å². The maximum atomic E-state index is 10.5. The van der Waals surface area contributed by atoms with Gasteiger partial charge in [-0.15, -0.1) is 0 Å². The van der Waals surface area contributed by atoms with Crippen LogP contribution in [0.5, 0.6) is 0 Å². The molecule has 136 valence electrons. The largest absolute Gasteiger partial charge is 0.481 e. The van der Waals surface area contributed by atoms with Crippen LogP contribution in [0.1, 0.15) is 45.6 Å². The van der Waals surface area contributed by atoms with E-state index in [-0.39, 0.29) is 6.42 Å². The zero-order valence-corrected chi connectivity index (χ0v) is 15.4. The number of nitrogens with zero attached hydrogens (tertiary/aromatic N) is 1. The Bertz CT molecular complexity index is 455. The normalized spacial score (nSPS) is 9.88. The van der Waals surface area contributed by atoms with Gasteiger partial charge in [-0.25, -0.2) is 0 Å². The summed E-state index contributed by atoms with van der Waals surface area (Å²) in [5.74, 6) is 0.0782. The van der Waals surface area contributed by atoms with E-state index in [0.29, 0.717) is 19.4 Å². The van der Waals surface area contributed by atoms with Crippen molar-refractivity contribution in [3.8, 4) is 0 Å². The van der Waals surface area contributed by atoms with Gasteiger partial charge in [0.05, 0.1) is 0 Å². The Morgan fingerprint density at radius 2 is 1.75 bits per heavy atom. The van der Waals surface area contributed by atoms with Crippen molar-refractivity contribution in [2.75, 3.05) is 24.5 Å². The summed E-state index contributed by atoms with van der Waals surface area (Å²) in [5.41, 5.74) is 2.30. The molecule has 0 unspecified atom stereocenters. The third kappa shape index (κ3) is 12.5. The van der Waals surface area contributed by atoms with Crippen LogP contribution in [0.15, 0.2) is 24.3 Å². The lowest BCUT2D eigenvalue weighted by Gasteiger charge is -2.25. The van der Waals surface area contributed by atoms with Crippen molar-refractivity contribution in [3.05, 3.63) is 29.8 Å². The molecule has 0 aromatic heterocycles. The Hall–Kier alpha value is -2.04. The van der Waals surface area contributed by atoms with E-state index in [1.165, 1.54) is 5.56 Å². The molecule has 0 saturated heterocycles. The third-order valence-corrected chi connectivity index (χ3v) is 3.08. The average molecular weight is 336 g/mol. The molecule has 0 saturated carbocycles. The van der Waals surface area contributed by atoms with E-state index in [9.17, 15) is 9.59 Å². The summed E-state index contributed by atoms with van der Waals surface area (Å²) in [5, 5.41) is 11.3. The molecule has 0 spiro atoms. The van der Waals surface area contributed by atoms with E-state index in [0.717, 1.165) is 31.1 Å². The first-order valence-electron chi connectivity index (χ1n) is 8.57. The first kappa shape index (κ1) is 22.0. The van der Waals surface area contributed by atoms with Gasteiger partial charge in [-0.1, -0.05) is 38.5 Å². The summed E-state index contributed by atoms with van der Waals surface area (Å²) in [6.07, 6.45) is 2.38. The molecule has 0 atom stereocenters. The van der Waals surface area contributed by atoms with Crippen molar-refractivity contribution >= 4 is 18.1 Å². The Morgan fingerprint density at radius 1 is 1.17 bits per heavy atom. The highest BCUT2D eigenvalue weighted by Gasteiger charge is 2.06. The predicted molar refractivity (Wildman–Crippen MR) is 99.5 cm³/mol. The smallest absolute Gasteiger partial charge is 0.303 e. The molecule has 0 heterocycles. The van der Waals surface area contributed by atoms with Gasteiger partial charge in [-0.05, 0) is 37.8 Å². The summed E-state index contributed by atoms with van der Waals surface area (Å²) in [7, 11) is 0. The Balaban J connectivity index is 0.00000118. The highest BCUT2D eigenvalue weighted by molar-refractivity contribution is 5.66. The maximum Gasteiger partial charge on any atom is 0.303 e. The molecule has 1 rings (SSSR count). The Labute approximate surface area is 146 Å². The summed E-state index contributed by atoms with van der Waals surface area (Å²) in [4.78, 5) is 23.0. The third-order valence-electron chi connectivity index (χ3n) is 3.08. The summed E-state index contributed by atoms with van der Waals surface area (Å²) >= 11 is 0. The SMILES string of the molecule is CC(C)C.Cc1ccc(N(CCCCC(=O)O)CCNC=O)cc1. The van der Waals surface area contributed by atoms with Crippen LogP contribution in [-0.2, 0) is 9.59 Å². The zero-order chi connectivity index (χ0) is 18.4. The highest BCUT2D eigenvalue weighted by atomic mass is 16.4. The average Bonchev–Trinajstić information content (AvgIpc) is 2.50. The molecule has 0 bridgehead atoms. The van der Waals surface area contributed by atoms with Crippen LogP contribution >= 0.6 is 0 Å². The van der Waals surface area contributed by atoms with Crippen molar-refractivity contribution in [2.45, 2.75) is 47.0 Å². The molecule has 5 nitrogen and oxygen atoms in total. The molecule has 5 heteroatoms. The van der Waals surface area contributed by atoms with Gasteiger partial charge >= 0.3 is 5.97 Å². The van der Waals surface area contributed by atoms with E-state index in [1.807, 2.05) is 31.2 Å². The minimum absolute atomic E-state index is 0.203. The second-order valence-electron chi connectivity index (χ2n) is 6.48. The minimum Gasteiger partial charge on any atom is -0.481 e. The topological polar surface area (TPSA) is 69.6 Å². The van der Waals surface area contributed by atoms with Crippen LogP contribution in [0.2, 0.25) is 0 Å². The molecule has 0 aliphatic carbocycles. The fourth-order valence-electron chi connectivity index (χ4n) is 1.96. The van der Waals surface area contributed by atoms with Gasteiger partial charge < -0.3 is 15.3 Å². The lowest BCUT2D eigenvalue weighted by molar-refractivity contribution is -0.137. The summed E-state index contributed by atoms with van der Waals surface area (Å²) in [6, 6.07) is 8.19. The Morgan fingerprint density at radius 3 is 2.25 bits per heavy atom. The van der Waals surface area contributed by atoms with E-state index < -0.39 is 5.97 Å². The lowest BCUT2D eigenvalue weighted by Crippen LogP contribution is -2.32. The molecule has 2 N–H and O–H groups in total. The zero-order valence-electron chi connectivity index (χ0n) is 15.4. The quantitative estimate of drug-likeness (QED) is 0.507. The van der Waals surface area contributed by atoms with Gasteiger partial charge in [0.2, 0.25) is 6.41 Å². The number of carbonyl (C=O) groups is 2. The lowest BCUT2D eigenvalue weighted by atomic mass is 10.2. The van der Waals surface area contributed by atoms with E-state index in [1.54, 1.807) is 0 Å². The van der Waals surface area contributed by atoms with Gasteiger partial charge in [0, 0.05) is 31.7 Å². The molecular formula is C19H32N2O3. The van der Waals surface area contributed by atoms with E-state index >= 15 is 0 Å². The molecular weight excluding hydrogens is 304 g/mol. The number of anilines is 1. The Kier molecular flexibility index (Phi) is 12.3. The van der Waals surface area contributed by atoms with Crippen LogP contribution in [0.3, 0.4) is 0 Å². The summed E-state index contributed by atoms with van der Waals surface area (Å²) in [6.45, 7) is 10.6. The number of aryl methyl sites for hydroxylation is 1. The number of amides is 1.